The smallest absolute Gasteiger partial charge is 0.127 e. The fraction of sp³-hybridized carbons (Fsp3) is 0.231. The Morgan fingerprint density at radius 1 is 1.53 bits per heavy atom. The average Bonchev–Trinajstić information content (AvgIpc) is 2.24. The Bertz CT molecular complexity index is 399. The van der Waals surface area contributed by atoms with E-state index in [0.29, 0.717) is 0 Å². The molecule has 0 spiro atoms. The molecule has 1 aliphatic carbocycles. The molecule has 0 bridgehead atoms. The van der Waals surface area contributed by atoms with Gasteiger partial charge in [-0.15, -0.1) is 0 Å². The Labute approximate surface area is 92.4 Å². The van der Waals surface area contributed by atoms with Crippen molar-refractivity contribution in [3.8, 4) is 0 Å². The molecule has 0 aromatic rings. The lowest BCUT2D eigenvalue weighted by Crippen LogP contribution is -2.07. The zero-order valence-corrected chi connectivity index (χ0v) is 9.89. The van der Waals surface area contributed by atoms with Gasteiger partial charge in [-0.1, -0.05) is 31.4 Å². The Balaban J connectivity index is 2.42. The summed E-state index contributed by atoms with van der Waals surface area (Å²) in [6, 6.07) is 0. The molecule has 1 heterocycles. The van der Waals surface area contributed by atoms with Crippen molar-refractivity contribution < 1.29 is 4.52 Å². The quantitative estimate of drug-likeness (QED) is 0.597. The van der Waals surface area contributed by atoms with E-state index in [1.807, 2.05) is 12.2 Å². The maximum absolute atomic E-state index is 5.91. The van der Waals surface area contributed by atoms with Crippen LogP contribution in [0.1, 0.15) is 12.8 Å². The van der Waals surface area contributed by atoms with Crippen LogP contribution in [-0.4, -0.2) is 6.66 Å². The second-order valence-electron chi connectivity index (χ2n) is 3.64. The lowest BCUT2D eigenvalue weighted by atomic mass is 9.96. The number of allylic oxidation sites excluding steroid dienone is 7. The van der Waals surface area contributed by atoms with Gasteiger partial charge in [0.2, 0.25) is 0 Å². The van der Waals surface area contributed by atoms with Gasteiger partial charge < -0.3 is 4.52 Å². The minimum Gasteiger partial charge on any atom is -0.469 e. The second kappa shape index (κ2) is 4.20. The molecule has 1 aliphatic heterocycles. The predicted molar refractivity (Wildman–Crippen MR) is 66.7 cm³/mol. The van der Waals surface area contributed by atoms with Crippen molar-refractivity contribution in [1.29, 1.82) is 0 Å². The van der Waals surface area contributed by atoms with Crippen LogP contribution in [0.2, 0.25) is 0 Å². The number of hydrogen-bond acceptors (Lipinski definition) is 1. The summed E-state index contributed by atoms with van der Waals surface area (Å²) in [5, 5.41) is 1.22. The SMILES string of the molecule is C=C/C=C1\C(=C)C2=C(C=CCC2)OP1C. The molecule has 15 heavy (non-hydrogen) atoms. The van der Waals surface area contributed by atoms with E-state index in [0.717, 1.165) is 24.2 Å². The van der Waals surface area contributed by atoms with Gasteiger partial charge in [-0.2, -0.15) is 0 Å². The van der Waals surface area contributed by atoms with E-state index in [9.17, 15) is 0 Å². The highest BCUT2D eigenvalue weighted by molar-refractivity contribution is 7.57. The highest BCUT2D eigenvalue weighted by atomic mass is 31.1. The zero-order chi connectivity index (χ0) is 10.8. The second-order valence-corrected chi connectivity index (χ2v) is 5.30. The van der Waals surface area contributed by atoms with Crippen LogP contribution >= 0.6 is 8.15 Å². The first kappa shape index (κ1) is 10.4. The van der Waals surface area contributed by atoms with Gasteiger partial charge in [0, 0.05) is 10.9 Å². The van der Waals surface area contributed by atoms with E-state index in [4.69, 9.17) is 4.52 Å². The van der Waals surface area contributed by atoms with Crippen LogP contribution in [0.3, 0.4) is 0 Å². The van der Waals surface area contributed by atoms with Crippen molar-refractivity contribution in [2.24, 2.45) is 0 Å². The summed E-state index contributed by atoms with van der Waals surface area (Å²) >= 11 is 0. The van der Waals surface area contributed by atoms with E-state index in [2.05, 4.69) is 32.0 Å². The van der Waals surface area contributed by atoms with Crippen LogP contribution in [0.4, 0.5) is 0 Å². The Morgan fingerprint density at radius 2 is 2.33 bits per heavy atom. The molecule has 0 N–H and O–H groups in total. The molecule has 0 saturated heterocycles. The molecule has 0 aromatic heterocycles. The Morgan fingerprint density at radius 3 is 3.07 bits per heavy atom. The molecular formula is C13H15OP. The first-order valence-electron chi connectivity index (χ1n) is 5.08. The summed E-state index contributed by atoms with van der Waals surface area (Å²) < 4.78 is 5.91. The molecule has 1 nitrogen and oxygen atoms in total. The van der Waals surface area contributed by atoms with Crippen LogP contribution in [-0.2, 0) is 4.52 Å². The lowest BCUT2D eigenvalue weighted by Gasteiger charge is -2.30. The van der Waals surface area contributed by atoms with Crippen LogP contribution in [0.5, 0.6) is 0 Å². The average molecular weight is 218 g/mol. The van der Waals surface area contributed by atoms with Crippen LogP contribution in [0, 0.1) is 0 Å². The van der Waals surface area contributed by atoms with Gasteiger partial charge in [0.1, 0.15) is 13.9 Å². The fourth-order valence-corrected chi connectivity index (χ4v) is 3.28. The molecule has 1 unspecified atom stereocenters. The normalized spacial score (nSPS) is 27.7. The molecule has 0 radical (unpaired) electrons. The van der Waals surface area contributed by atoms with Gasteiger partial charge in [0.25, 0.3) is 0 Å². The fourth-order valence-electron chi connectivity index (χ4n) is 1.89. The molecule has 0 saturated carbocycles. The van der Waals surface area contributed by atoms with Gasteiger partial charge in [0.05, 0.1) is 0 Å². The van der Waals surface area contributed by atoms with Crippen LogP contribution in [0.25, 0.3) is 0 Å². The third-order valence-corrected chi connectivity index (χ3v) is 4.22. The molecule has 2 aliphatic rings. The van der Waals surface area contributed by atoms with Crippen LogP contribution in [0.15, 0.2) is 59.7 Å². The van der Waals surface area contributed by atoms with Crippen LogP contribution < -0.4 is 0 Å². The molecule has 1 atom stereocenters. The van der Waals surface area contributed by atoms with Gasteiger partial charge in [0.15, 0.2) is 0 Å². The van der Waals surface area contributed by atoms with Crippen molar-refractivity contribution >= 4 is 8.15 Å². The van der Waals surface area contributed by atoms with Crippen molar-refractivity contribution in [2.45, 2.75) is 12.8 Å². The van der Waals surface area contributed by atoms with E-state index in [1.54, 1.807) is 0 Å². The predicted octanol–water partition coefficient (Wildman–Crippen LogP) is 4.27. The summed E-state index contributed by atoms with van der Waals surface area (Å²) in [5.41, 5.74) is 2.42. The summed E-state index contributed by atoms with van der Waals surface area (Å²) in [7, 11) is -0.563. The van der Waals surface area contributed by atoms with Gasteiger partial charge >= 0.3 is 0 Å². The minimum absolute atomic E-state index is 0.563. The summed E-state index contributed by atoms with van der Waals surface area (Å²) in [6.07, 6.45) is 10.2. The van der Waals surface area contributed by atoms with Crippen molar-refractivity contribution in [3.05, 3.63) is 59.7 Å². The Kier molecular flexibility index (Phi) is 2.93. The molecule has 0 aromatic carbocycles. The molecule has 78 valence electrons. The zero-order valence-electron chi connectivity index (χ0n) is 8.99. The van der Waals surface area contributed by atoms with E-state index >= 15 is 0 Å². The highest BCUT2D eigenvalue weighted by Crippen LogP contribution is 2.55. The van der Waals surface area contributed by atoms with E-state index in [-0.39, 0.29) is 0 Å². The molecule has 2 heteroatoms. The topological polar surface area (TPSA) is 9.23 Å². The van der Waals surface area contributed by atoms with Gasteiger partial charge in [-0.25, -0.2) is 0 Å². The van der Waals surface area contributed by atoms with E-state index < -0.39 is 8.15 Å². The maximum atomic E-state index is 5.91. The third-order valence-electron chi connectivity index (χ3n) is 2.65. The number of rotatable bonds is 1. The number of hydrogen-bond donors (Lipinski definition) is 0. The summed E-state index contributed by atoms with van der Waals surface area (Å²) in [4.78, 5) is 0. The maximum Gasteiger partial charge on any atom is 0.127 e. The van der Waals surface area contributed by atoms with Gasteiger partial charge in [-0.05, 0) is 31.2 Å². The van der Waals surface area contributed by atoms with Crippen molar-refractivity contribution in [1.82, 2.24) is 0 Å². The van der Waals surface area contributed by atoms with E-state index in [1.165, 1.54) is 10.9 Å². The molecule has 0 fully saturated rings. The monoisotopic (exact) mass is 218 g/mol. The minimum atomic E-state index is -0.563. The largest absolute Gasteiger partial charge is 0.469 e. The Hall–Kier alpha value is -1.07. The first-order valence-corrected chi connectivity index (χ1v) is 6.78. The van der Waals surface area contributed by atoms with Crippen molar-refractivity contribution in [3.63, 3.8) is 0 Å². The molecular weight excluding hydrogens is 203 g/mol. The first-order chi connectivity index (χ1) is 7.24. The summed E-state index contributed by atoms with van der Waals surface area (Å²) in [5.74, 6) is 1.03. The van der Waals surface area contributed by atoms with Gasteiger partial charge in [-0.3, -0.25) is 0 Å². The standard InChI is InChI=1S/C13H15OP/c1-4-7-13-10(2)11-8-5-6-9-12(11)14-15(13)3/h4,6-7,9H,1-2,5,8H2,3H3/b13-7+. The van der Waals surface area contributed by atoms with Crippen molar-refractivity contribution in [2.75, 3.05) is 6.66 Å². The summed E-state index contributed by atoms with van der Waals surface area (Å²) in [6.45, 7) is 10.0. The molecule has 0 amide bonds. The molecule has 2 rings (SSSR count). The third kappa shape index (κ3) is 1.85. The highest BCUT2D eigenvalue weighted by Gasteiger charge is 2.26. The lowest BCUT2D eigenvalue weighted by molar-refractivity contribution is 0.481.